The SMILES string of the molecule is O=C(NN=C1CC(C(=O)O)(C(=O)O)C1)C1CCC(CN2C(=O)C=CC2=O)CC1.[NH-]C[C@@H]1CC[C@H]1C[NH-].[Pt+2]. The molecule has 37 heavy (non-hydrogen) atoms. The Bertz CT molecular complexity index is 905. The number of hydrazone groups is 1. The van der Waals surface area contributed by atoms with Crippen LogP contribution in [0.5, 0.6) is 0 Å². The summed E-state index contributed by atoms with van der Waals surface area (Å²) in [5.41, 5.74) is 14.9. The van der Waals surface area contributed by atoms with Gasteiger partial charge in [-0.2, -0.15) is 5.10 Å². The Hall–Kier alpha value is -2.43. The summed E-state index contributed by atoms with van der Waals surface area (Å²) in [7, 11) is 0. The molecule has 5 N–H and O–H groups in total. The molecule has 0 aromatic carbocycles. The minimum absolute atomic E-state index is 0. The second-order valence-corrected chi connectivity index (χ2v) is 10.0. The van der Waals surface area contributed by atoms with Crippen LogP contribution >= 0.6 is 0 Å². The molecule has 4 aliphatic rings. The first-order valence-electron chi connectivity index (χ1n) is 12.3. The number of rotatable bonds is 8. The fraction of sp³-hybridized carbons (Fsp3) is 0.667. The average molecular weight is 699 g/mol. The molecule has 13 heteroatoms. The van der Waals surface area contributed by atoms with Crippen molar-refractivity contribution in [2.45, 2.75) is 51.4 Å². The summed E-state index contributed by atoms with van der Waals surface area (Å²) in [4.78, 5) is 58.9. The van der Waals surface area contributed by atoms with E-state index in [0.717, 1.165) is 0 Å². The Morgan fingerprint density at radius 2 is 1.41 bits per heavy atom. The van der Waals surface area contributed by atoms with Gasteiger partial charge in [-0.05, 0) is 31.6 Å². The van der Waals surface area contributed by atoms with E-state index in [0.29, 0.717) is 62.9 Å². The molecule has 0 bridgehead atoms. The molecule has 206 valence electrons. The fourth-order valence-corrected chi connectivity index (χ4v) is 5.00. The minimum Gasteiger partial charge on any atom is -0.677 e. The van der Waals surface area contributed by atoms with Crippen LogP contribution in [0.4, 0.5) is 0 Å². The van der Waals surface area contributed by atoms with Gasteiger partial charge in [-0.1, -0.05) is 24.7 Å². The summed E-state index contributed by atoms with van der Waals surface area (Å²) in [6.45, 7) is 1.45. The van der Waals surface area contributed by atoms with Crippen LogP contribution < -0.4 is 5.43 Å². The Kier molecular flexibility index (Phi) is 11.1. The number of amides is 3. The van der Waals surface area contributed by atoms with Crippen molar-refractivity contribution in [1.82, 2.24) is 10.3 Å². The molecule has 3 saturated carbocycles. The molecule has 12 nitrogen and oxygen atoms in total. The number of nitrogens with one attached hydrogen (secondary N) is 3. The van der Waals surface area contributed by atoms with Gasteiger partial charge < -0.3 is 21.7 Å². The number of hydrogen-bond donors (Lipinski definition) is 3. The first-order chi connectivity index (χ1) is 17.1. The van der Waals surface area contributed by atoms with E-state index < -0.39 is 17.4 Å². The molecule has 3 amide bonds. The van der Waals surface area contributed by atoms with Crippen LogP contribution in [-0.2, 0) is 45.0 Å². The molecule has 0 radical (unpaired) electrons. The van der Waals surface area contributed by atoms with Crippen LogP contribution in [0.25, 0.3) is 11.5 Å². The van der Waals surface area contributed by atoms with Crippen molar-refractivity contribution in [3.63, 3.8) is 0 Å². The normalized spacial score (nSPS) is 27.6. The number of nitrogens with zero attached hydrogens (tertiary/aromatic N) is 2. The maximum Gasteiger partial charge on any atom is 2.00 e. The molecule has 0 spiro atoms. The monoisotopic (exact) mass is 698 g/mol. The van der Waals surface area contributed by atoms with E-state index in [-0.39, 0.29) is 63.5 Å². The Morgan fingerprint density at radius 1 is 0.919 bits per heavy atom. The van der Waals surface area contributed by atoms with E-state index in [2.05, 4.69) is 10.5 Å². The number of imide groups is 1. The van der Waals surface area contributed by atoms with Crippen LogP contribution in [0.2, 0.25) is 0 Å². The van der Waals surface area contributed by atoms with E-state index in [4.69, 9.17) is 21.7 Å². The maximum absolute atomic E-state index is 12.2. The largest absolute Gasteiger partial charge is 2.00 e. The average Bonchev–Trinajstić information content (AvgIpc) is 3.10. The third kappa shape index (κ3) is 7.12. The molecule has 3 fully saturated rings. The third-order valence-corrected chi connectivity index (χ3v) is 7.81. The standard InChI is InChI=1S/C18H21N3O7.C6H12N2.Pt/c22-13-5-6-14(23)21(13)9-10-1-3-11(4-2-10)15(24)20-19-12-7-18(8-12,16(25)26)17(27)28;7-3-5-1-2-6(5)4-8;/h5-6,10-11H,1-4,7-9H2,(H,20,24)(H,25,26)(H,27,28);5-8H,1-4H2;/q;-2;+2/t;5-,6-;/m.0./s1. The van der Waals surface area contributed by atoms with Gasteiger partial charge in [0.25, 0.3) is 11.8 Å². The number of carboxylic acid groups (broad SMARTS) is 2. The van der Waals surface area contributed by atoms with Gasteiger partial charge in [-0.3, -0.25) is 28.9 Å². The quantitative estimate of drug-likeness (QED) is 0.196. The van der Waals surface area contributed by atoms with Gasteiger partial charge in [0.2, 0.25) is 5.91 Å². The molecule has 0 unspecified atom stereocenters. The van der Waals surface area contributed by atoms with Crippen molar-refractivity contribution in [2.75, 3.05) is 19.6 Å². The Balaban J connectivity index is 0.000000457. The number of carbonyl (C=O) groups is 5. The molecular weight excluding hydrogens is 665 g/mol. The number of carbonyl (C=O) groups excluding carboxylic acids is 3. The first-order valence-corrected chi connectivity index (χ1v) is 12.3. The summed E-state index contributed by atoms with van der Waals surface area (Å²) < 4.78 is 0. The topological polar surface area (TPSA) is 201 Å². The summed E-state index contributed by atoms with van der Waals surface area (Å²) >= 11 is 0. The first kappa shape index (κ1) is 30.8. The van der Waals surface area contributed by atoms with Gasteiger partial charge in [0.05, 0.1) is 0 Å². The van der Waals surface area contributed by atoms with Crippen LogP contribution in [-0.4, -0.2) is 70.1 Å². The summed E-state index contributed by atoms with van der Waals surface area (Å²) in [5, 5.41) is 22.0. The van der Waals surface area contributed by atoms with E-state index in [1.807, 2.05) is 0 Å². The van der Waals surface area contributed by atoms with Gasteiger partial charge in [-0.15, -0.1) is 13.1 Å². The van der Waals surface area contributed by atoms with E-state index >= 15 is 0 Å². The number of carboxylic acids is 2. The van der Waals surface area contributed by atoms with E-state index in [1.165, 1.54) is 29.9 Å². The van der Waals surface area contributed by atoms with Crippen molar-refractivity contribution in [2.24, 2.45) is 34.2 Å². The van der Waals surface area contributed by atoms with Crippen molar-refractivity contribution in [3.05, 3.63) is 23.6 Å². The smallest absolute Gasteiger partial charge is 0.677 e. The zero-order chi connectivity index (χ0) is 26.5. The van der Waals surface area contributed by atoms with Crippen molar-refractivity contribution in [1.29, 1.82) is 0 Å². The maximum atomic E-state index is 12.2. The zero-order valence-electron chi connectivity index (χ0n) is 20.4. The molecule has 3 aliphatic carbocycles. The van der Waals surface area contributed by atoms with Gasteiger partial charge in [0.15, 0.2) is 5.41 Å². The third-order valence-electron chi connectivity index (χ3n) is 7.81. The zero-order valence-corrected chi connectivity index (χ0v) is 22.7. The van der Waals surface area contributed by atoms with Crippen LogP contribution in [0, 0.1) is 29.1 Å². The van der Waals surface area contributed by atoms with Crippen molar-refractivity contribution in [3.8, 4) is 0 Å². The van der Waals surface area contributed by atoms with Gasteiger partial charge >= 0.3 is 33.0 Å². The van der Waals surface area contributed by atoms with E-state index in [9.17, 15) is 24.0 Å². The molecule has 1 heterocycles. The predicted molar refractivity (Wildman–Crippen MR) is 128 cm³/mol. The minimum atomic E-state index is -1.85. The predicted octanol–water partition coefficient (Wildman–Crippen LogP) is 2.25. The van der Waals surface area contributed by atoms with Crippen LogP contribution in [0.1, 0.15) is 51.4 Å². The van der Waals surface area contributed by atoms with Crippen molar-refractivity contribution >= 4 is 35.4 Å². The molecule has 1 aliphatic heterocycles. The molecule has 2 atom stereocenters. The number of aliphatic carboxylic acids is 2. The molecule has 0 aromatic heterocycles. The second kappa shape index (κ2) is 13.4. The van der Waals surface area contributed by atoms with Crippen LogP contribution in [0.3, 0.4) is 0 Å². The number of hydrogen-bond acceptors (Lipinski definition) is 6. The summed E-state index contributed by atoms with van der Waals surface area (Å²) in [6.07, 6.45) is 7.06. The molecule has 0 saturated heterocycles. The van der Waals surface area contributed by atoms with E-state index in [1.54, 1.807) is 0 Å². The second-order valence-electron chi connectivity index (χ2n) is 10.0. The Labute approximate surface area is 229 Å². The van der Waals surface area contributed by atoms with Gasteiger partial charge in [-0.25, -0.2) is 5.43 Å². The molecule has 4 rings (SSSR count). The fourth-order valence-electron chi connectivity index (χ4n) is 5.00. The summed E-state index contributed by atoms with van der Waals surface area (Å²) in [6, 6.07) is 0. The van der Waals surface area contributed by atoms with Crippen molar-refractivity contribution < 1.29 is 55.3 Å². The molecule has 0 aromatic rings. The molecular formula is C24H33N5O7Pt. The van der Waals surface area contributed by atoms with Crippen LogP contribution in [0.15, 0.2) is 17.3 Å². The Morgan fingerprint density at radius 3 is 1.81 bits per heavy atom. The van der Waals surface area contributed by atoms with Gasteiger partial charge in [0.1, 0.15) is 0 Å². The summed E-state index contributed by atoms with van der Waals surface area (Å²) in [5.74, 6) is -2.67. The van der Waals surface area contributed by atoms with Gasteiger partial charge in [0, 0.05) is 43.2 Å².